The predicted octanol–water partition coefficient (Wildman–Crippen LogP) is 2.23. The standard InChI is InChI=1S/C19H21N3O3/c1-13-16(20-17(25-13)15-5-3-2-4-6-15)12-22-10-9-21(11-14-7-8-14)18(23)19(22)24/h2-6,14H,7-12H2,1H3. The number of benzene rings is 1. The second-order valence-electron chi connectivity index (χ2n) is 6.81. The number of aryl methyl sites for hydroxylation is 1. The molecule has 2 aromatic rings. The second-order valence-corrected chi connectivity index (χ2v) is 6.81. The first-order valence-electron chi connectivity index (χ1n) is 8.71. The van der Waals surface area contributed by atoms with Crippen LogP contribution in [0.4, 0.5) is 0 Å². The van der Waals surface area contributed by atoms with Gasteiger partial charge in [0.1, 0.15) is 11.5 Å². The van der Waals surface area contributed by atoms with Crippen molar-refractivity contribution in [3.8, 4) is 11.5 Å². The molecule has 4 rings (SSSR count). The number of amides is 2. The van der Waals surface area contributed by atoms with Crippen LogP contribution in [0.1, 0.15) is 24.3 Å². The Kier molecular flexibility index (Phi) is 4.03. The smallest absolute Gasteiger partial charge is 0.312 e. The average molecular weight is 339 g/mol. The van der Waals surface area contributed by atoms with Gasteiger partial charge in [-0.1, -0.05) is 18.2 Å². The minimum absolute atomic E-state index is 0.310. The lowest BCUT2D eigenvalue weighted by Crippen LogP contribution is -2.54. The van der Waals surface area contributed by atoms with Crippen LogP contribution in [0, 0.1) is 12.8 Å². The van der Waals surface area contributed by atoms with E-state index in [1.54, 1.807) is 9.80 Å². The van der Waals surface area contributed by atoms with E-state index in [4.69, 9.17) is 4.42 Å². The Morgan fingerprint density at radius 2 is 1.76 bits per heavy atom. The number of carbonyl (C=O) groups is 2. The minimum atomic E-state index is -0.435. The highest BCUT2D eigenvalue weighted by atomic mass is 16.4. The van der Waals surface area contributed by atoms with E-state index in [2.05, 4.69) is 4.98 Å². The van der Waals surface area contributed by atoms with Crippen molar-refractivity contribution >= 4 is 11.8 Å². The molecule has 0 spiro atoms. The van der Waals surface area contributed by atoms with E-state index in [-0.39, 0.29) is 5.91 Å². The zero-order valence-corrected chi connectivity index (χ0v) is 14.3. The molecule has 2 fully saturated rings. The summed E-state index contributed by atoms with van der Waals surface area (Å²) in [6, 6.07) is 9.65. The first-order chi connectivity index (χ1) is 12.1. The first kappa shape index (κ1) is 15.9. The van der Waals surface area contributed by atoms with Gasteiger partial charge >= 0.3 is 11.8 Å². The Bertz CT molecular complexity index is 796. The molecule has 25 heavy (non-hydrogen) atoms. The topological polar surface area (TPSA) is 66.7 Å². The molecule has 2 amide bonds. The van der Waals surface area contributed by atoms with Crippen LogP contribution in [-0.4, -0.2) is 46.2 Å². The highest BCUT2D eigenvalue weighted by Gasteiger charge is 2.36. The van der Waals surface area contributed by atoms with Crippen LogP contribution in [0.3, 0.4) is 0 Å². The normalized spacial score (nSPS) is 18.1. The molecule has 2 aliphatic rings. The number of oxazole rings is 1. The summed E-state index contributed by atoms with van der Waals surface area (Å²) in [7, 11) is 0. The third-order valence-electron chi connectivity index (χ3n) is 4.83. The fourth-order valence-electron chi connectivity index (χ4n) is 3.11. The Morgan fingerprint density at radius 3 is 2.48 bits per heavy atom. The van der Waals surface area contributed by atoms with Gasteiger partial charge in [0, 0.05) is 25.2 Å². The molecule has 0 unspecified atom stereocenters. The third kappa shape index (κ3) is 3.29. The van der Waals surface area contributed by atoms with Gasteiger partial charge in [-0.25, -0.2) is 4.98 Å². The van der Waals surface area contributed by atoms with E-state index in [1.165, 1.54) is 12.8 Å². The van der Waals surface area contributed by atoms with Crippen LogP contribution in [-0.2, 0) is 16.1 Å². The summed E-state index contributed by atoms with van der Waals surface area (Å²) >= 11 is 0. The van der Waals surface area contributed by atoms with Crippen LogP contribution in [0.2, 0.25) is 0 Å². The van der Waals surface area contributed by atoms with Crippen LogP contribution >= 0.6 is 0 Å². The lowest BCUT2D eigenvalue weighted by Gasteiger charge is -2.33. The zero-order valence-electron chi connectivity index (χ0n) is 14.3. The van der Waals surface area contributed by atoms with E-state index in [9.17, 15) is 9.59 Å². The van der Waals surface area contributed by atoms with Gasteiger partial charge in [0.25, 0.3) is 0 Å². The molecule has 1 aliphatic heterocycles. The van der Waals surface area contributed by atoms with Crippen LogP contribution < -0.4 is 0 Å². The molecular formula is C19H21N3O3. The number of piperazine rings is 1. The van der Waals surface area contributed by atoms with Crippen molar-refractivity contribution in [3.05, 3.63) is 41.8 Å². The number of hydrogen-bond acceptors (Lipinski definition) is 4. The summed E-state index contributed by atoms with van der Waals surface area (Å²) in [6.45, 7) is 4.02. The van der Waals surface area contributed by atoms with Gasteiger partial charge in [-0.05, 0) is 37.8 Å². The molecule has 0 bridgehead atoms. The number of nitrogens with zero attached hydrogens (tertiary/aromatic N) is 3. The average Bonchev–Trinajstić information content (AvgIpc) is 3.37. The van der Waals surface area contributed by atoms with Gasteiger partial charge in [0.05, 0.1) is 6.54 Å². The van der Waals surface area contributed by atoms with E-state index < -0.39 is 5.91 Å². The summed E-state index contributed by atoms with van der Waals surface area (Å²) in [5.74, 6) is 0.992. The Morgan fingerprint density at radius 1 is 1.08 bits per heavy atom. The summed E-state index contributed by atoms with van der Waals surface area (Å²) in [5, 5.41) is 0. The van der Waals surface area contributed by atoms with E-state index in [0.29, 0.717) is 42.9 Å². The van der Waals surface area contributed by atoms with Crippen molar-refractivity contribution in [1.29, 1.82) is 0 Å². The van der Waals surface area contributed by atoms with Crippen LogP contribution in [0.5, 0.6) is 0 Å². The summed E-state index contributed by atoms with van der Waals surface area (Å²) in [6.07, 6.45) is 2.34. The molecule has 0 N–H and O–H groups in total. The van der Waals surface area contributed by atoms with Crippen molar-refractivity contribution in [2.45, 2.75) is 26.3 Å². The minimum Gasteiger partial charge on any atom is -0.441 e. The molecule has 1 aromatic heterocycles. The quantitative estimate of drug-likeness (QED) is 0.784. The highest BCUT2D eigenvalue weighted by Crippen LogP contribution is 2.30. The first-order valence-corrected chi connectivity index (χ1v) is 8.71. The molecule has 1 aromatic carbocycles. The molecule has 6 nitrogen and oxygen atoms in total. The molecule has 1 saturated heterocycles. The van der Waals surface area contributed by atoms with Gasteiger partial charge in [0.15, 0.2) is 0 Å². The van der Waals surface area contributed by atoms with Crippen molar-refractivity contribution in [3.63, 3.8) is 0 Å². The van der Waals surface area contributed by atoms with E-state index in [1.807, 2.05) is 37.3 Å². The van der Waals surface area contributed by atoms with Gasteiger partial charge in [-0.2, -0.15) is 0 Å². The molecule has 0 radical (unpaired) electrons. The molecule has 130 valence electrons. The predicted molar refractivity (Wildman–Crippen MR) is 91.4 cm³/mol. The number of carbonyl (C=O) groups excluding carboxylic acids is 2. The highest BCUT2D eigenvalue weighted by molar-refractivity contribution is 6.35. The van der Waals surface area contributed by atoms with Crippen molar-refractivity contribution < 1.29 is 14.0 Å². The monoisotopic (exact) mass is 339 g/mol. The summed E-state index contributed by atoms with van der Waals surface area (Å²) in [4.78, 5) is 32.5. The summed E-state index contributed by atoms with van der Waals surface area (Å²) < 4.78 is 5.74. The molecular weight excluding hydrogens is 318 g/mol. The summed E-state index contributed by atoms with van der Waals surface area (Å²) in [5.41, 5.74) is 1.60. The lowest BCUT2D eigenvalue weighted by atomic mass is 10.2. The lowest BCUT2D eigenvalue weighted by molar-refractivity contribution is -0.156. The van der Waals surface area contributed by atoms with E-state index in [0.717, 1.165) is 12.1 Å². The maximum Gasteiger partial charge on any atom is 0.312 e. The van der Waals surface area contributed by atoms with Crippen LogP contribution in [0.25, 0.3) is 11.5 Å². The molecule has 1 aliphatic carbocycles. The molecule has 6 heteroatoms. The van der Waals surface area contributed by atoms with Crippen molar-refractivity contribution in [1.82, 2.24) is 14.8 Å². The SMILES string of the molecule is Cc1oc(-c2ccccc2)nc1CN1CCN(CC2CC2)C(=O)C1=O. The maximum atomic E-state index is 12.4. The van der Waals surface area contributed by atoms with Crippen molar-refractivity contribution in [2.75, 3.05) is 19.6 Å². The molecule has 2 heterocycles. The van der Waals surface area contributed by atoms with Gasteiger partial charge in [-0.15, -0.1) is 0 Å². The Hall–Kier alpha value is -2.63. The van der Waals surface area contributed by atoms with E-state index >= 15 is 0 Å². The largest absolute Gasteiger partial charge is 0.441 e. The maximum absolute atomic E-state index is 12.4. The van der Waals surface area contributed by atoms with Crippen molar-refractivity contribution in [2.24, 2.45) is 5.92 Å². The fraction of sp³-hybridized carbons (Fsp3) is 0.421. The second kappa shape index (κ2) is 6.35. The van der Waals surface area contributed by atoms with Gasteiger partial charge in [0.2, 0.25) is 5.89 Å². The fourth-order valence-corrected chi connectivity index (χ4v) is 3.11. The number of aromatic nitrogens is 1. The third-order valence-corrected chi connectivity index (χ3v) is 4.83. The Labute approximate surface area is 146 Å². The number of rotatable bonds is 5. The van der Waals surface area contributed by atoms with Crippen LogP contribution in [0.15, 0.2) is 34.7 Å². The van der Waals surface area contributed by atoms with Gasteiger partial charge < -0.3 is 14.2 Å². The zero-order chi connectivity index (χ0) is 17.4. The Balaban J connectivity index is 1.46. The van der Waals surface area contributed by atoms with Gasteiger partial charge in [-0.3, -0.25) is 9.59 Å². The molecule has 1 saturated carbocycles. The molecule has 0 atom stereocenters. The number of hydrogen-bond donors (Lipinski definition) is 0.